The first-order valence-corrected chi connectivity index (χ1v) is 2.82. The van der Waals surface area contributed by atoms with E-state index < -0.39 is 11.7 Å². The van der Waals surface area contributed by atoms with Crippen molar-refractivity contribution in [2.45, 2.75) is 38.9 Å². The summed E-state index contributed by atoms with van der Waals surface area (Å²) >= 11 is 0. The van der Waals surface area contributed by atoms with E-state index in [1.54, 1.807) is 20.8 Å². The fourth-order valence-electron chi connectivity index (χ4n) is 0.723. The highest BCUT2D eigenvalue weighted by molar-refractivity contribution is 4.67. The quantitative estimate of drug-likeness (QED) is 0.521. The van der Waals surface area contributed by atoms with Crippen LogP contribution in [0, 0.1) is 0 Å². The van der Waals surface area contributed by atoms with E-state index in [0.717, 1.165) is 0 Å². The smallest absolute Gasteiger partial charge is 0.0616 e. The lowest BCUT2D eigenvalue weighted by Gasteiger charge is -2.17. The van der Waals surface area contributed by atoms with E-state index >= 15 is 0 Å². The molecule has 1 unspecified atom stereocenters. The molecule has 5 N–H and O–H groups in total. The second-order valence-electron chi connectivity index (χ2n) is 2.87. The van der Waals surface area contributed by atoms with E-state index in [2.05, 4.69) is 0 Å². The van der Waals surface area contributed by atoms with Gasteiger partial charge in [-0.2, -0.15) is 0 Å². The Morgan fingerprint density at radius 1 is 1.44 bits per heavy atom. The molecular weight excluding hydrogens is 118 g/mol. The van der Waals surface area contributed by atoms with E-state index in [0.29, 0.717) is 6.42 Å². The van der Waals surface area contributed by atoms with Crippen LogP contribution >= 0.6 is 0 Å². The van der Waals surface area contributed by atoms with Gasteiger partial charge in [0.1, 0.15) is 0 Å². The van der Waals surface area contributed by atoms with Crippen molar-refractivity contribution in [2.24, 2.45) is 0 Å². The predicted molar refractivity (Wildman–Crippen MR) is 37.6 cm³/mol. The summed E-state index contributed by atoms with van der Waals surface area (Å²) in [5.74, 6) is 0. The predicted octanol–water partition coefficient (Wildman–Crippen LogP) is 0.690. The number of hydrogen-bond donors (Lipinski definition) is 3. The van der Waals surface area contributed by atoms with Gasteiger partial charge in [-0.05, 0) is 20.8 Å². The second kappa shape index (κ2) is 3.82. The Hall–Kier alpha value is -0.120. The summed E-state index contributed by atoms with van der Waals surface area (Å²) in [5, 5.41) is 17.8. The van der Waals surface area contributed by atoms with Crippen molar-refractivity contribution in [3.8, 4) is 0 Å². The molecule has 0 spiro atoms. The SMILES string of the molecule is CC(O)CC(C)(C)O.N. The molecule has 0 amide bonds. The van der Waals surface area contributed by atoms with Gasteiger partial charge in [0.05, 0.1) is 11.7 Å². The molecule has 9 heavy (non-hydrogen) atoms. The van der Waals surface area contributed by atoms with Crippen LogP contribution in [0.4, 0.5) is 0 Å². The third-order valence-electron chi connectivity index (χ3n) is 0.795. The highest BCUT2D eigenvalue weighted by Gasteiger charge is 2.14. The van der Waals surface area contributed by atoms with Gasteiger partial charge in [-0.3, -0.25) is 0 Å². The van der Waals surface area contributed by atoms with E-state index in [9.17, 15) is 0 Å². The molecule has 0 saturated carbocycles. The van der Waals surface area contributed by atoms with Crippen LogP contribution in [0.2, 0.25) is 0 Å². The second-order valence-corrected chi connectivity index (χ2v) is 2.87. The molecule has 0 aliphatic carbocycles. The summed E-state index contributed by atoms with van der Waals surface area (Å²) in [6, 6.07) is 0. The normalized spacial score (nSPS) is 14.3. The maximum atomic E-state index is 9.03. The van der Waals surface area contributed by atoms with Crippen molar-refractivity contribution < 1.29 is 10.2 Å². The highest BCUT2D eigenvalue weighted by atomic mass is 16.3. The van der Waals surface area contributed by atoms with Gasteiger partial charge in [-0.1, -0.05) is 0 Å². The summed E-state index contributed by atoms with van der Waals surface area (Å²) < 4.78 is 0. The van der Waals surface area contributed by atoms with Crippen LogP contribution in [-0.2, 0) is 0 Å². The molecule has 0 aromatic heterocycles. The maximum absolute atomic E-state index is 9.03. The third kappa shape index (κ3) is 11.4. The lowest BCUT2D eigenvalue weighted by Crippen LogP contribution is -2.24. The van der Waals surface area contributed by atoms with Gasteiger partial charge < -0.3 is 16.4 Å². The minimum absolute atomic E-state index is 0. The molecular formula is C6H17NO2. The van der Waals surface area contributed by atoms with Crippen LogP contribution in [0.3, 0.4) is 0 Å². The molecule has 3 heteroatoms. The fourth-order valence-corrected chi connectivity index (χ4v) is 0.723. The molecule has 0 radical (unpaired) electrons. The Bertz CT molecular complexity index is 65.9. The van der Waals surface area contributed by atoms with E-state index in [-0.39, 0.29) is 6.15 Å². The number of rotatable bonds is 2. The van der Waals surface area contributed by atoms with Crippen molar-refractivity contribution in [3.05, 3.63) is 0 Å². The standard InChI is InChI=1S/C6H14O2.H3N/c1-5(7)4-6(2,3)8;/h5,7-8H,4H2,1-3H3;1H3. The van der Waals surface area contributed by atoms with Crippen LogP contribution in [-0.4, -0.2) is 21.9 Å². The molecule has 3 nitrogen and oxygen atoms in total. The molecule has 0 bridgehead atoms. The molecule has 0 heterocycles. The first-order valence-electron chi connectivity index (χ1n) is 2.82. The van der Waals surface area contributed by atoms with E-state index in [1.165, 1.54) is 0 Å². The van der Waals surface area contributed by atoms with Crippen molar-refractivity contribution in [1.29, 1.82) is 0 Å². The minimum atomic E-state index is -0.728. The van der Waals surface area contributed by atoms with Crippen LogP contribution in [0.25, 0.3) is 0 Å². The van der Waals surface area contributed by atoms with Crippen LogP contribution < -0.4 is 6.15 Å². The number of aliphatic hydroxyl groups is 2. The summed E-state index contributed by atoms with van der Waals surface area (Å²) in [7, 11) is 0. The van der Waals surface area contributed by atoms with Crippen LogP contribution in [0.15, 0.2) is 0 Å². The molecule has 0 rings (SSSR count). The number of hydrogen-bond acceptors (Lipinski definition) is 3. The summed E-state index contributed by atoms with van der Waals surface area (Å²) in [6.07, 6.45) is 0.0301. The van der Waals surface area contributed by atoms with Gasteiger partial charge in [0.25, 0.3) is 0 Å². The fraction of sp³-hybridized carbons (Fsp3) is 1.00. The largest absolute Gasteiger partial charge is 0.393 e. The molecule has 0 aromatic rings. The third-order valence-corrected chi connectivity index (χ3v) is 0.795. The molecule has 0 aromatic carbocycles. The van der Waals surface area contributed by atoms with Crippen molar-refractivity contribution in [3.63, 3.8) is 0 Å². The zero-order valence-electron chi connectivity index (χ0n) is 6.39. The van der Waals surface area contributed by atoms with Gasteiger partial charge in [-0.15, -0.1) is 0 Å². The van der Waals surface area contributed by atoms with E-state index in [1.807, 2.05) is 0 Å². The highest BCUT2D eigenvalue weighted by Crippen LogP contribution is 2.09. The Labute approximate surface area is 56.3 Å². The van der Waals surface area contributed by atoms with Crippen molar-refractivity contribution >= 4 is 0 Å². The average molecular weight is 135 g/mol. The average Bonchev–Trinajstić information content (AvgIpc) is 1.21. The lowest BCUT2D eigenvalue weighted by molar-refractivity contribution is 0.0249. The zero-order valence-corrected chi connectivity index (χ0v) is 6.39. The van der Waals surface area contributed by atoms with Gasteiger partial charge in [0, 0.05) is 6.42 Å². The summed E-state index contributed by atoms with van der Waals surface area (Å²) in [5.41, 5.74) is -0.728. The maximum Gasteiger partial charge on any atom is 0.0616 e. The topological polar surface area (TPSA) is 75.5 Å². The van der Waals surface area contributed by atoms with Crippen LogP contribution in [0.5, 0.6) is 0 Å². The van der Waals surface area contributed by atoms with Crippen LogP contribution in [0.1, 0.15) is 27.2 Å². The van der Waals surface area contributed by atoms with Crippen molar-refractivity contribution in [2.75, 3.05) is 0 Å². The Morgan fingerprint density at radius 3 is 1.78 bits per heavy atom. The molecule has 0 saturated heterocycles. The molecule has 0 aliphatic rings. The molecule has 0 aliphatic heterocycles. The summed E-state index contributed by atoms with van der Waals surface area (Å²) in [6.45, 7) is 5.03. The van der Waals surface area contributed by atoms with Crippen molar-refractivity contribution in [1.82, 2.24) is 6.15 Å². The monoisotopic (exact) mass is 135 g/mol. The summed E-state index contributed by atoms with van der Waals surface area (Å²) in [4.78, 5) is 0. The van der Waals surface area contributed by atoms with Gasteiger partial charge in [0.2, 0.25) is 0 Å². The molecule has 1 atom stereocenters. The first-order chi connectivity index (χ1) is 3.42. The number of aliphatic hydroxyl groups excluding tert-OH is 1. The van der Waals surface area contributed by atoms with Gasteiger partial charge >= 0.3 is 0 Å². The molecule has 58 valence electrons. The minimum Gasteiger partial charge on any atom is -0.393 e. The Balaban J connectivity index is 0. The van der Waals surface area contributed by atoms with Gasteiger partial charge in [-0.25, -0.2) is 0 Å². The molecule has 0 fully saturated rings. The Morgan fingerprint density at radius 2 is 1.78 bits per heavy atom. The first kappa shape index (κ1) is 11.6. The van der Waals surface area contributed by atoms with Gasteiger partial charge in [0.15, 0.2) is 0 Å². The zero-order chi connectivity index (χ0) is 6.78. The lowest BCUT2D eigenvalue weighted by atomic mass is 10.0. The van der Waals surface area contributed by atoms with E-state index in [4.69, 9.17) is 10.2 Å². The Kier molecular flexibility index (Phi) is 4.95.